The van der Waals surface area contributed by atoms with Crippen LogP contribution in [0.4, 0.5) is 0 Å². The minimum atomic E-state index is -0.353. The summed E-state index contributed by atoms with van der Waals surface area (Å²) in [5.41, 5.74) is 6.63. The van der Waals surface area contributed by atoms with Crippen molar-refractivity contribution in [2.45, 2.75) is 33.2 Å². The zero-order valence-electron chi connectivity index (χ0n) is 8.91. The van der Waals surface area contributed by atoms with E-state index >= 15 is 0 Å². The lowest BCUT2D eigenvalue weighted by molar-refractivity contribution is 0.0935. The number of thiophene rings is 1. The first-order chi connectivity index (χ1) is 6.56. The molecule has 0 aliphatic carbocycles. The second-order valence-electron chi connectivity index (χ2n) is 3.72. The molecule has 0 spiro atoms. The Morgan fingerprint density at radius 1 is 1.64 bits per heavy atom. The van der Waals surface area contributed by atoms with E-state index in [9.17, 15) is 4.79 Å². The van der Waals surface area contributed by atoms with Gasteiger partial charge in [-0.3, -0.25) is 4.79 Å². The number of hydrogen-bond donors (Lipinski definition) is 1. The molecule has 2 N–H and O–H groups in total. The highest BCUT2D eigenvalue weighted by Crippen LogP contribution is 2.17. The molecule has 0 radical (unpaired) electrons. The molecular formula is C11H17NOS. The van der Waals surface area contributed by atoms with Crippen LogP contribution in [0, 0.1) is 12.8 Å². The Kier molecular flexibility index (Phi) is 3.84. The monoisotopic (exact) mass is 211 g/mol. The SMILES string of the molecule is CCC(C)C(N)C(=O)c1csc(C)c1. The van der Waals surface area contributed by atoms with Gasteiger partial charge in [0.15, 0.2) is 5.78 Å². The summed E-state index contributed by atoms with van der Waals surface area (Å²) < 4.78 is 0. The summed E-state index contributed by atoms with van der Waals surface area (Å²) in [6, 6.07) is 1.56. The first kappa shape index (κ1) is 11.4. The summed E-state index contributed by atoms with van der Waals surface area (Å²) in [5, 5.41) is 1.89. The zero-order chi connectivity index (χ0) is 10.7. The molecule has 0 amide bonds. The van der Waals surface area contributed by atoms with Gasteiger partial charge in [0.05, 0.1) is 6.04 Å². The van der Waals surface area contributed by atoms with Crippen LogP contribution in [0.1, 0.15) is 35.5 Å². The average Bonchev–Trinajstić information content (AvgIpc) is 2.61. The van der Waals surface area contributed by atoms with Crippen molar-refractivity contribution in [1.29, 1.82) is 0 Å². The largest absolute Gasteiger partial charge is 0.321 e. The first-order valence-corrected chi connectivity index (χ1v) is 5.79. The molecule has 78 valence electrons. The van der Waals surface area contributed by atoms with Gasteiger partial charge in [0.1, 0.15) is 0 Å². The van der Waals surface area contributed by atoms with Gasteiger partial charge in [-0.15, -0.1) is 11.3 Å². The minimum absolute atomic E-state index is 0.0729. The van der Waals surface area contributed by atoms with Crippen molar-refractivity contribution in [1.82, 2.24) is 0 Å². The maximum atomic E-state index is 11.8. The van der Waals surface area contributed by atoms with Crippen LogP contribution in [0.15, 0.2) is 11.4 Å². The Bertz CT molecular complexity index is 319. The van der Waals surface area contributed by atoms with Gasteiger partial charge >= 0.3 is 0 Å². The number of aryl methyl sites for hydroxylation is 1. The lowest BCUT2D eigenvalue weighted by atomic mass is 9.94. The van der Waals surface area contributed by atoms with E-state index in [1.807, 2.05) is 25.3 Å². The van der Waals surface area contributed by atoms with E-state index in [1.165, 1.54) is 0 Å². The van der Waals surface area contributed by atoms with Crippen LogP contribution in [-0.4, -0.2) is 11.8 Å². The Morgan fingerprint density at radius 2 is 2.29 bits per heavy atom. The van der Waals surface area contributed by atoms with Gasteiger partial charge in [-0.2, -0.15) is 0 Å². The molecule has 3 heteroatoms. The highest BCUT2D eigenvalue weighted by atomic mass is 32.1. The van der Waals surface area contributed by atoms with Gasteiger partial charge in [-0.25, -0.2) is 0 Å². The second-order valence-corrected chi connectivity index (χ2v) is 4.84. The van der Waals surface area contributed by atoms with Crippen molar-refractivity contribution >= 4 is 17.1 Å². The molecule has 0 bridgehead atoms. The van der Waals surface area contributed by atoms with E-state index in [-0.39, 0.29) is 17.7 Å². The molecular weight excluding hydrogens is 194 g/mol. The lowest BCUT2D eigenvalue weighted by Crippen LogP contribution is -2.36. The molecule has 0 aliphatic rings. The molecule has 2 nitrogen and oxygen atoms in total. The van der Waals surface area contributed by atoms with Gasteiger partial charge in [0.2, 0.25) is 0 Å². The molecule has 2 unspecified atom stereocenters. The second kappa shape index (κ2) is 4.71. The summed E-state index contributed by atoms with van der Waals surface area (Å²) in [6.07, 6.45) is 0.941. The van der Waals surface area contributed by atoms with Crippen LogP contribution < -0.4 is 5.73 Å². The molecule has 1 rings (SSSR count). The summed E-state index contributed by atoms with van der Waals surface area (Å²) in [5.74, 6) is 0.325. The summed E-state index contributed by atoms with van der Waals surface area (Å²) in [4.78, 5) is 13.0. The van der Waals surface area contributed by atoms with E-state index < -0.39 is 0 Å². The average molecular weight is 211 g/mol. The highest BCUT2D eigenvalue weighted by Gasteiger charge is 2.21. The number of nitrogens with two attached hydrogens (primary N) is 1. The van der Waals surface area contributed by atoms with Crippen LogP contribution in [-0.2, 0) is 0 Å². The molecule has 0 aliphatic heterocycles. The van der Waals surface area contributed by atoms with Gasteiger partial charge < -0.3 is 5.73 Å². The van der Waals surface area contributed by atoms with Crippen molar-refractivity contribution in [2.75, 3.05) is 0 Å². The highest BCUT2D eigenvalue weighted by molar-refractivity contribution is 7.10. The van der Waals surface area contributed by atoms with E-state index in [0.29, 0.717) is 0 Å². The molecule has 1 aromatic heterocycles. The van der Waals surface area contributed by atoms with Gasteiger partial charge in [0, 0.05) is 15.8 Å². The van der Waals surface area contributed by atoms with E-state index in [2.05, 4.69) is 6.92 Å². The van der Waals surface area contributed by atoms with Crippen molar-refractivity contribution in [3.63, 3.8) is 0 Å². The Labute approximate surface area is 89.1 Å². The van der Waals surface area contributed by atoms with E-state index in [0.717, 1.165) is 16.9 Å². The van der Waals surface area contributed by atoms with Crippen LogP contribution in [0.3, 0.4) is 0 Å². The fourth-order valence-electron chi connectivity index (χ4n) is 1.28. The smallest absolute Gasteiger partial charge is 0.180 e. The maximum absolute atomic E-state index is 11.8. The third-order valence-corrected chi connectivity index (χ3v) is 3.44. The number of rotatable bonds is 4. The van der Waals surface area contributed by atoms with Gasteiger partial charge in [-0.05, 0) is 18.9 Å². The van der Waals surface area contributed by atoms with E-state index in [1.54, 1.807) is 11.3 Å². The molecule has 2 atom stereocenters. The van der Waals surface area contributed by atoms with Crippen LogP contribution in [0.25, 0.3) is 0 Å². The quantitative estimate of drug-likeness (QED) is 0.778. The van der Waals surface area contributed by atoms with Crippen molar-refractivity contribution < 1.29 is 4.79 Å². The summed E-state index contributed by atoms with van der Waals surface area (Å²) in [7, 11) is 0. The van der Waals surface area contributed by atoms with Crippen molar-refractivity contribution in [3.05, 3.63) is 21.9 Å². The number of Topliss-reactive ketones (excluding diaryl/α,β-unsaturated/α-hetero) is 1. The van der Waals surface area contributed by atoms with Crippen LogP contribution in [0.5, 0.6) is 0 Å². The lowest BCUT2D eigenvalue weighted by Gasteiger charge is -2.15. The third kappa shape index (κ3) is 2.42. The first-order valence-electron chi connectivity index (χ1n) is 4.91. The molecule has 14 heavy (non-hydrogen) atoms. The Morgan fingerprint density at radius 3 is 2.71 bits per heavy atom. The van der Waals surface area contributed by atoms with Gasteiger partial charge in [-0.1, -0.05) is 20.3 Å². The molecule has 0 saturated carbocycles. The Balaban J connectivity index is 2.75. The van der Waals surface area contributed by atoms with Gasteiger partial charge in [0.25, 0.3) is 0 Å². The fourth-order valence-corrected chi connectivity index (χ4v) is 1.97. The van der Waals surface area contributed by atoms with Crippen LogP contribution >= 0.6 is 11.3 Å². The van der Waals surface area contributed by atoms with E-state index in [4.69, 9.17) is 5.73 Å². The molecule has 0 saturated heterocycles. The van der Waals surface area contributed by atoms with Crippen molar-refractivity contribution in [3.8, 4) is 0 Å². The topological polar surface area (TPSA) is 43.1 Å². The standard InChI is InChI=1S/C11H17NOS/c1-4-7(2)10(12)11(13)9-5-8(3)14-6-9/h5-7,10H,4,12H2,1-3H3. The number of carbonyl (C=O) groups is 1. The predicted octanol–water partition coefficient (Wildman–Crippen LogP) is 2.61. The molecule has 1 heterocycles. The predicted molar refractivity (Wildman–Crippen MR) is 60.8 cm³/mol. The number of ketones is 1. The fraction of sp³-hybridized carbons (Fsp3) is 0.545. The summed E-state index contributed by atoms with van der Waals surface area (Å²) >= 11 is 1.59. The van der Waals surface area contributed by atoms with Crippen molar-refractivity contribution in [2.24, 2.45) is 11.7 Å². The molecule has 0 aromatic carbocycles. The Hall–Kier alpha value is -0.670. The third-order valence-electron chi connectivity index (χ3n) is 2.57. The molecule has 1 aromatic rings. The van der Waals surface area contributed by atoms with Crippen LogP contribution in [0.2, 0.25) is 0 Å². The summed E-state index contributed by atoms with van der Waals surface area (Å²) in [6.45, 7) is 6.06. The number of hydrogen-bond acceptors (Lipinski definition) is 3. The zero-order valence-corrected chi connectivity index (χ0v) is 9.73. The molecule has 0 fully saturated rings. The normalized spacial score (nSPS) is 15.1. The maximum Gasteiger partial charge on any atom is 0.180 e. The number of carbonyl (C=O) groups excluding carboxylic acids is 1. The minimum Gasteiger partial charge on any atom is -0.321 e.